The van der Waals surface area contributed by atoms with Gasteiger partial charge in [-0.05, 0) is 30.2 Å². The van der Waals surface area contributed by atoms with Gasteiger partial charge >= 0.3 is 5.97 Å². The molecule has 3 nitrogen and oxygen atoms in total. The Balaban J connectivity index is 3.27. The van der Waals surface area contributed by atoms with E-state index in [9.17, 15) is 4.79 Å². The van der Waals surface area contributed by atoms with Gasteiger partial charge in [0, 0.05) is 16.3 Å². The van der Waals surface area contributed by atoms with Gasteiger partial charge in [0.1, 0.15) is 0 Å². The zero-order chi connectivity index (χ0) is 13.0. The number of carboxylic acids is 1. The van der Waals surface area contributed by atoms with Crippen LogP contribution in [0, 0.1) is 0 Å². The van der Waals surface area contributed by atoms with Crippen molar-refractivity contribution in [2.45, 2.75) is 15.7 Å². The van der Waals surface area contributed by atoms with Gasteiger partial charge in [0.15, 0.2) is 0 Å². The van der Waals surface area contributed by atoms with E-state index in [1.165, 1.54) is 0 Å². The van der Waals surface area contributed by atoms with E-state index in [2.05, 4.69) is 0 Å². The Kier molecular flexibility index (Phi) is 5.66. The second kappa shape index (κ2) is 6.54. The second-order valence-electron chi connectivity index (χ2n) is 3.36. The number of benzene rings is 1. The lowest BCUT2D eigenvalue weighted by atomic mass is 10.00. The minimum absolute atomic E-state index is 0.0676. The first-order valence-electron chi connectivity index (χ1n) is 4.89. The zero-order valence-corrected chi connectivity index (χ0v) is 12.0. The van der Waals surface area contributed by atoms with Crippen LogP contribution >= 0.6 is 35.1 Å². The van der Waals surface area contributed by atoms with Crippen LogP contribution in [0.3, 0.4) is 0 Å². The molecule has 0 aromatic heterocycles. The highest BCUT2D eigenvalue weighted by Crippen LogP contribution is 2.37. The largest absolute Gasteiger partial charge is 0.481 e. The first-order valence-corrected chi connectivity index (χ1v) is 7.72. The molecule has 0 heterocycles. The van der Waals surface area contributed by atoms with Crippen LogP contribution in [0.2, 0.25) is 5.02 Å². The van der Waals surface area contributed by atoms with Crippen LogP contribution in [0.25, 0.3) is 0 Å². The molecule has 94 valence electrons. The Labute approximate surface area is 114 Å². The molecule has 0 saturated heterocycles. The minimum Gasteiger partial charge on any atom is -0.481 e. The van der Waals surface area contributed by atoms with Crippen molar-refractivity contribution in [1.82, 2.24) is 0 Å². The fourth-order valence-electron chi connectivity index (χ4n) is 1.52. The molecule has 1 atom stereocenters. The number of thioether (sulfide) groups is 2. The summed E-state index contributed by atoms with van der Waals surface area (Å²) >= 11 is 9.25. The molecule has 0 saturated carbocycles. The summed E-state index contributed by atoms with van der Waals surface area (Å²) in [5.41, 5.74) is 6.14. The van der Waals surface area contributed by atoms with Gasteiger partial charge in [0.2, 0.25) is 0 Å². The quantitative estimate of drug-likeness (QED) is 0.817. The molecule has 6 heteroatoms. The van der Waals surface area contributed by atoms with E-state index in [-0.39, 0.29) is 6.54 Å². The highest BCUT2D eigenvalue weighted by atomic mass is 35.5. The molecular formula is C11H14ClNO2S2. The molecule has 17 heavy (non-hydrogen) atoms. The third kappa shape index (κ3) is 3.31. The van der Waals surface area contributed by atoms with Gasteiger partial charge in [-0.3, -0.25) is 4.79 Å². The molecule has 1 aromatic carbocycles. The molecule has 0 aliphatic heterocycles. The van der Waals surface area contributed by atoms with Crippen LogP contribution in [-0.4, -0.2) is 30.1 Å². The average molecular weight is 292 g/mol. The standard InChI is InChI=1S/C11H14ClNO2S2/c1-16-9-4-6(7(5-13)11(14)15)3-8(12)10(9)17-2/h3-4,7H,5,13H2,1-2H3,(H,14,15). The van der Waals surface area contributed by atoms with Crippen molar-refractivity contribution in [3.05, 3.63) is 22.7 Å². The van der Waals surface area contributed by atoms with Gasteiger partial charge in [-0.15, -0.1) is 23.5 Å². The minimum atomic E-state index is -0.924. The van der Waals surface area contributed by atoms with Crippen LogP contribution < -0.4 is 5.73 Å². The second-order valence-corrected chi connectivity index (χ2v) is 5.44. The zero-order valence-electron chi connectivity index (χ0n) is 9.57. The predicted molar refractivity (Wildman–Crippen MR) is 74.4 cm³/mol. The molecule has 1 aromatic rings. The van der Waals surface area contributed by atoms with E-state index >= 15 is 0 Å². The SMILES string of the molecule is CSc1cc(C(CN)C(=O)O)cc(Cl)c1SC. The maximum Gasteiger partial charge on any atom is 0.312 e. The van der Waals surface area contributed by atoms with E-state index in [1.807, 2.05) is 18.6 Å². The van der Waals surface area contributed by atoms with E-state index in [1.54, 1.807) is 29.6 Å². The Morgan fingerprint density at radius 3 is 2.53 bits per heavy atom. The number of halogens is 1. The summed E-state index contributed by atoms with van der Waals surface area (Å²) in [5.74, 6) is -1.62. The molecule has 1 unspecified atom stereocenters. The van der Waals surface area contributed by atoms with Crippen molar-refractivity contribution in [3.63, 3.8) is 0 Å². The maximum absolute atomic E-state index is 11.1. The smallest absolute Gasteiger partial charge is 0.312 e. The molecule has 0 amide bonds. The first kappa shape index (κ1) is 14.7. The van der Waals surface area contributed by atoms with Crippen molar-refractivity contribution in [2.24, 2.45) is 5.73 Å². The average Bonchev–Trinajstić information content (AvgIpc) is 2.28. The summed E-state index contributed by atoms with van der Waals surface area (Å²) in [6, 6.07) is 3.55. The Bertz CT molecular complexity index is 426. The first-order chi connectivity index (χ1) is 8.04. The summed E-state index contributed by atoms with van der Waals surface area (Å²) < 4.78 is 0. The Morgan fingerprint density at radius 2 is 2.12 bits per heavy atom. The van der Waals surface area contributed by atoms with Gasteiger partial charge in [0.05, 0.1) is 10.9 Å². The van der Waals surface area contributed by atoms with Gasteiger partial charge in [-0.1, -0.05) is 11.6 Å². The van der Waals surface area contributed by atoms with E-state index < -0.39 is 11.9 Å². The molecule has 0 fully saturated rings. The molecule has 1 rings (SSSR count). The topological polar surface area (TPSA) is 63.3 Å². The number of carboxylic acid groups (broad SMARTS) is 1. The summed E-state index contributed by atoms with van der Waals surface area (Å²) in [4.78, 5) is 13.0. The predicted octanol–water partition coefficient (Wildman–Crippen LogP) is 2.91. The van der Waals surface area contributed by atoms with Gasteiger partial charge in [0.25, 0.3) is 0 Å². The molecule has 0 aliphatic rings. The summed E-state index contributed by atoms with van der Waals surface area (Å²) in [5, 5.41) is 9.66. The van der Waals surface area contributed by atoms with E-state index in [0.29, 0.717) is 10.6 Å². The third-order valence-electron chi connectivity index (χ3n) is 2.39. The highest BCUT2D eigenvalue weighted by molar-refractivity contribution is 8.01. The van der Waals surface area contributed by atoms with Crippen molar-refractivity contribution in [1.29, 1.82) is 0 Å². The lowest BCUT2D eigenvalue weighted by molar-refractivity contribution is -0.138. The molecule has 0 aliphatic carbocycles. The van der Waals surface area contributed by atoms with Crippen LogP contribution in [0.4, 0.5) is 0 Å². The number of hydrogen-bond acceptors (Lipinski definition) is 4. The molecule has 0 spiro atoms. The normalized spacial score (nSPS) is 12.5. The lowest BCUT2D eigenvalue weighted by Gasteiger charge is -2.14. The Hall–Kier alpha value is -0.360. The summed E-state index contributed by atoms with van der Waals surface area (Å²) in [7, 11) is 0. The number of nitrogens with two attached hydrogens (primary N) is 1. The van der Waals surface area contributed by atoms with Gasteiger partial charge in [-0.25, -0.2) is 0 Å². The monoisotopic (exact) mass is 291 g/mol. The van der Waals surface area contributed by atoms with Crippen LogP contribution in [0.15, 0.2) is 21.9 Å². The number of aliphatic carboxylic acids is 1. The van der Waals surface area contributed by atoms with Crippen LogP contribution in [-0.2, 0) is 4.79 Å². The lowest BCUT2D eigenvalue weighted by Crippen LogP contribution is -2.21. The molecule has 3 N–H and O–H groups in total. The molecular weight excluding hydrogens is 278 g/mol. The van der Waals surface area contributed by atoms with Crippen molar-refractivity contribution in [2.75, 3.05) is 19.1 Å². The highest BCUT2D eigenvalue weighted by Gasteiger charge is 2.20. The number of hydrogen-bond donors (Lipinski definition) is 2. The number of rotatable bonds is 5. The third-order valence-corrected chi connectivity index (χ3v) is 4.54. The summed E-state index contributed by atoms with van der Waals surface area (Å²) in [6.45, 7) is 0.0676. The van der Waals surface area contributed by atoms with Crippen LogP contribution in [0.5, 0.6) is 0 Å². The van der Waals surface area contributed by atoms with Crippen molar-refractivity contribution >= 4 is 41.1 Å². The molecule has 0 radical (unpaired) electrons. The van der Waals surface area contributed by atoms with E-state index in [0.717, 1.165) is 9.79 Å². The fraction of sp³-hybridized carbons (Fsp3) is 0.364. The summed E-state index contributed by atoms with van der Waals surface area (Å²) in [6.07, 6.45) is 3.88. The van der Waals surface area contributed by atoms with Crippen molar-refractivity contribution in [3.8, 4) is 0 Å². The van der Waals surface area contributed by atoms with E-state index in [4.69, 9.17) is 22.4 Å². The fourth-order valence-corrected chi connectivity index (χ4v) is 3.60. The van der Waals surface area contributed by atoms with Crippen LogP contribution in [0.1, 0.15) is 11.5 Å². The number of carbonyl (C=O) groups is 1. The Morgan fingerprint density at radius 1 is 1.47 bits per heavy atom. The molecule has 0 bridgehead atoms. The van der Waals surface area contributed by atoms with Gasteiger partial charge < -0.3 is 10.8 Å². The van der Waals surface area contributed by atoms with Crippen molar-refractivity contribution < 1.29 is 9.90 Å². The van der Waals surface area contributed by atoms with Gasteiger partial charge in [-0.2, -0.15) is 0 Å². The maximum atomic E-state index is 11.1.